The Hall–Kier alpha value is -1.57. The highest BCUT2D eigenvalue weighted by molar-refractivity contribution is 5.83. The Morgan fingerprint density at radius 3 is 2.50 bits per heavy atom. The molecule has 1 aromatic carbocycles. The molecule has 0 amide bonds. The van der Waals surface area contributed by atoms with Crippen LogP contribution in [-0.2, 0) is 11.2 Å². The molecule has 1 N–H and O–H groups in total. The van der Waals surface area contributed by atoms with Crippen LogP contribution in [0.2, 0.25) is 0 Å². The van der Waals surface area contributed by atoms with Gasteiger partial charge in [-0.1, -0.05) is 52.8 Å². The number of para-hydroxylation sites is 1. The first-order valence-corrected chi connectivity index (χ1v) is 12.3. The van der Waals surface area contributed by atoms with Gasteiger partial charge in [0.15, 0.2) is 0 Å². The number of carbonyl (C=O) groups is 1. The van der Waals surface area contributed by atoms with Crippen LogP contribution >= 0.6 is 0 Å². The van der Waals surface area contributed by atoms with E-state index in [-0.39, 0.29) is 11.3 Å². The summed E-state index contributed by atoms with van der Waals surface area (Å²) in [5.41, 5.74) is 3.62. The summed E-state index contributed by atoms with van der Waals surface area (Å²) in [5.74, 6) is 2.90. The highest BCUT2D eigenvalue weighted by Gasteiger charge is 2.63. The van der Waals surface area contributed by atoms with E-state index in [1.54, 1.807) is 0 Å². The molecule has 2 heteroatoms. The van der Waals surface area contributed by atoms with Gasteiger partial charge in [0.25, 0.3) is 0 Å². The highest BCUT2D eigenvalue weighted by Crippen LogP contribution is 2.69. The Labute approximate surface area is 182 Å². The quantitative estimate of drug-likeness (QED) is 0.564. The number of ketones is 1. The number of Topliss-reactive ketones (excluding diaryl/α,β-unsaturated/α-hetero) is 1. The number of nitrogens with one attached hydrogen (secondary N) is 1. The van der Waals surface area contributed by atoms with Crippen LogP contribution in [0.25, 0.3) is 10.9 Å². The Kier molecular flexibility index (Phi) is 4.55. The van der Waals surface area contributed by atoms with Gasteiger partial charge in [0.2, 0.25) is 0 Å². The number of rotatable bonds is 2. The molecule has 0 aliphatic heterocycles. The lowest BCUT2D eigenvalue weighted by molar-refractivity contribution is -0.182. The van der Waals surface area contributed by atoms with E-state index in [2.05, 4.69) is 70.1 Å². The topological polar surface area (TPSA) is 32.9 Å². The molecule has 1 heterocycles. The standard InChI is InChI=1S/C28H39NO/c1-18-12-14-27(4)24-11-10-23(30)19(2)26(24,3)15-13-25(27)28(18,5)16-20-17-29-22-9-7-6-8-21(20)22/h6-9,17-19,24-25,29H,10-16H2,1-5H3/t18-,19+,24?,25?,26-,27+,28+/m1/s1. The lowest BCUT2D eigenvalue weighted by atomic mass is 9.37. The number of carbonyl (C=O) groups excluding carboxylic acids is 1. The molecular weight excluding hydrogens is 366 g/mol. The summed E-state index contributed by atoms with van der Waals surface area (Å²) in [7, 11) is 0. The van der Waals surface area contributed by atoms with Crippen molar-refractivity contribution in [3.63, 3.8) is 0 Å². The van der Waals surface area contributed by atoms with Crippen LogP contribution in [0.3, 0.4) is 0 Å². The van der Waals surface area contributed by atoms with Crippen LogP contribution < -0.4 is 0 Å². The average Bonchev–Trinajstić information content (AvgIpc) is 3.12. The van der Waals surface area contributed by atoms with E-state index < -0.39 is 0 Å². The Morgan fingerprint density at radius 2 is 1.70 bits per heavy atom. The summed E-state index contributed by atoms with van der Waals surface area (Å²) in [6.45, 7) is 12.4. The number of H-pyrrole nitrogens is 1. The van der Waals surface area contributed by atoms with Crippen molar-refractivity contribution in [2.75, 3.05) is 0 Å². The van der Waals surface area contributed by atoms with E-state index in [9.17, 15) is 4.79 Å². The zero-order valence-electron chi connectivity index (χ0n) is 19.6. The Morgan fingerprint density at radius 1 is 0.967 bits per heavy atom. The van der Waals surface area contributed by atoms with Gasteiger partial charge in [-0.25, -0.2) is 0 Å². The van der Waals surface area contributed by atoms with Crippen molar-refractivity contribution in [1.82, 2.24) is 4.98 Å². The lowest BCUT2D eigenvalue weighted by Crippen LogP contribution is -2.61. The smallest absolute Gasteiger partial charge is 0.136 e. The van der Waals surface area contributed by atoms with Gasteiger partial charge in [0.05, 0.1) is 0 Å². The first-order valence-electron chi connectivity index (χ1n) is 12.3. The maximum absolute atomic E-state index is 12.6. The minimum atomic E-state index is 0.197. The monoisotopic (exact) mass is 405 g/mol. The molecule has 5 rings (SSSR count). The molecule has 0 bridgehead atoms. The minimum Gasteiger partial charge on any atom is -0.361 e. The van der Waals surface area contributed by atoms with Gasteiger partial charge in [-0.3, -0.25) is 4.79 Å². The van der Waals surface area contributed by atoms with E-state index in [0.29, 0.717) is 22.5 Å². The number of aromatic amines is 1. The molecule has 2 unspecified atom stereocenters. The molecule has 0 radical (unpaired) electrons. The van der Waals surface area contributed by atoms with E-state index in [1.807, 2.05) is 0 Å². The normalized spacial score (nSPS) is 44.0. The van der Waals surface area contributed by atoms with E-state index in [4.69, 9.17) is 0 Å². The first-order chi connectivity index (χ1) is 14.2. The van der Waals surface area contributed by atoms with Crippen molar-refractivity contribution >= 4 is 16.7 Å². The third-order valence-electron chi connectivity index (χ3n) is 10.8. The molecule has 7 atom stereocenters. The molecular formula is C28H39NO. The van der Waals surface area contributed by atoms with Crippen molar-refractivity contribution in [3.8, 4) is 0 Å². The summed E-state index contributed by atoms with van der Waals surface area (Å²) in [5, 5.41) is 1.40. The van der Waals surface area contributed by atoms with Gasteiger partial charge in [-0.05, 0) is 84.2 Å². The number of benzene rings is 1. The molecule has 162 valence electrons. The second-order valence-corrected chi connectivity index (χ2v) is 11.9. The Balaban J connectivity index is 1.53. The summed E-state index contributed by atoms with van der Waals surface area (Å²) < 4.78 is 0. The van der Waals surface area contributed by atoms with Gasteiger partial charge >= 0.3 is 0 Å². The summed E-state index contributed by atoms with van der Waals surface area (Å²) in [4.78, 5) is 16.1. The number of hydrogen-bond donors (Lipinski definition) is 1. The molecule has 3 aliphatic rings. The number of aromatic nitrogens is 1. The van der Waals surface area contributed by atoms with Gasteiger partial charge in [0, 0.05) is 29.4 Å². The van der Waals surface area contributed by atoms with E-state index >= 15 is 0 Å². The fourth-order valence-electron chi connectivity index (χ4n) is 8.62. The molecule has 3 aliphatic carbocycles. The Bertz CT molecular complexity index is 974. The molecule has 3 fully saturated rings. The van der Waals surface area contributed by atoms with Crippen molar-refractivity contribution in [2.24, 2.45) is 39.9 Å². The predicted molar refractivity (Wildman–Crippen MR) is 124 cm³/mol. The van der Waals surface area contributed by atoms with E-state index in [0.717, 1.165) is 31.1 Å². The largest absolute Gasteiger partial charge is 0.361 e. The zero-order valence-corrected chi connectivity index (χ0v) is 19.6. The predicted octanol–water partition coefficient (Wildman–Crippen LogP) is 7.18. The van der Waals surface area contributed by atoms with Gasteiger partial charge in [0.1, 0.15) is 5.78 Å². The average molecular weight is 406 g/mol. The number of fused-ring (bicyclic) bond motifs is 4. The van der Waals surface area contributed by atoms with Crippen LogP contribution in [0.4, 0.5) is 0 Å². The molecule has 2 nitrogen and oxygen atoms in total. The zero-order chi connectivity index (χ0) is 21.3. The summed E-state index contributed by atoms with van der Waals surface area (Å²) >= 11 is 0. The lowest BCUT2D eigenvalue weighted by Gasteiger charge is -2.67. The second kappa shape index (κ2) is 6.71. The highest BCUT2D eigenvalue weighted by atomic mass is 16.1. The van der Waals surface area contributed by atoms with Crippen LogP contribution in [-0.4, -0.2) is 10.8 Å². The van der Waals surface area contributed by atoms with Crippen LogP contribution in [0.1, 0.15) is 78.7 Å². The number of hydrogen-bond acceptors (Lipinski definition) is 1. The SMILES string of the molecule is C[C@@H]1CC[C@@]2(C)C3CCC(=O)[C@H](C)[C@@]3(C)CCC2[C@@]1(C)Cc1c[nH]c2ccccc12. The van der Waals surface area contributed by atoms with Crippen molar-refractivity contribution in [1.29, 1.82) is 0 Å². The van der Waals surface area contributed by atoms with Crippen molar-refractivity contribution in [3.05, 3.63) is 36.0 Å². The van der Waals surface area contributed by atoms with Crippen LogP contribution in [0.15, 0.2) is 30.5 Å². The van der Waals surface area contributed by atoms with Crippen molar-refractivity contribution in [2.45, 2.75) is 79.6 Å². The summed E-state index contributed by atoms with van der Waals surface area (Å²) in [6, 6.07) is 8.77. The van der Waals surface area contributed by atoms with Crippen molar-refractivity contribution < 1.29 is 4.79 Å². The van der Waals surface area contributed by atoms with E-state index in [1.165, 1.54) is 42.1 Å². The molecule has 0 spiro atoms. The second-order valence-electron chi connectivity index (χ2n) is 11.9. The maximum Gasteiger partial charge on any atom is 0.136 e. The van der Waals surface area contributed by atoms with Crippen LogP contribution in [0.5, 0.6) is 0 Å². The fraction of sp³-hybridized carbons (Fsp3) is 0.679. The molecule has 0 saturated heterocycles. The molecule has 3 saturated carbocycles. The fourth-order valence-corrected chi connectivity index (χ4v) is 8.62. The summed E-state index contributed by atoms with van der Waals surface area (Å²) in [6.07, 6.45) is 10.5. The van der Waals surface area contributed by atoms with Gasteiger partial charge in [-0.15, -0.1) is 0 Å². The third-order valence-corrected chi connectivity index (χ3v) is 10.8. The third kappa shape index (κ3) is 2.64. The van der Waals surface area contributed by atoms with Crippen LogP contribution in [0, 0.1) is 39.9 Å². The molecule has 30 heavy (non-hydrogen) atoms. The minimum absolute atomic E-state index is 0.197. The molecule has 1 aromatic heterocycles. The first kappa shape index (κ1) is 20.3. The molecule has 2 aromatic rings. The maximum atomic E-state index is 12.6. The van der Waals surface area contributed by atoms with Gasteiger partial charge < -0.3 is 4.98 Å². The van der Waals surface area contributed by atoms with Gasteiger partial charge in [-0.2, -0.15) is 0 Å².